The molecule has 0 aliphatic rings. The first-order valence-electron chi connectivity index (χ1n) is 6.22. The van der Waals surface area contributed by atoms with Crippen LogP contribution in [-0.4, -0.2) is 15.0 Å². The highest BCUT2D eigenvalue weighted by molar-refractivity contribution is 7.11. The van der Waals surface area contributed by atoms with Crippen LogP contribution in [0.3, 0.4) is 0 Å². The third kappa shape index (κ3) is 3.04. The van der Waals surface area contributed by atoms with Crippen LogP contribution >= 0.6 is 11.3 Å². The lowest BCUT2D eigenvalue weighted by atomic mass is 10.3. The number of hydrogen-bond acceptors (Lipinski definition) is 5. The number of anilines is 1. The number of aryl methyl sites for hydroxylation is 3. The maximum absolute atomic E-state index is 4.51. The van der Waals surface area contributed by atoms with Crippen molar-refractivity contribution in [3.8, 4) is 0 Å². The Morgan fingerprint density at radius 1 is 1.17 bits per heavy atom. The number of thiazole rings is 1. The highest BCUT2D eigenvalue weighted by atomic mass is 32.1. The fourth-order valence-electron chi connectivity index (χ4n) is 1.71. The molecule has 0 saturated heterocycles. The van der Waals surface area contributed by atoms with Gasteiger partial charge in [-0.15, -0.1) is 11.3 Å². The first-order chi connectivity index (χ1) is 8.72. The van der Waals surface area contributed by atoms with Gasteiger partial charge in [0.1, 0.15) is 0 Å². The van der Waals surface area contributed by atoms with Crippen molar-refractivity contribution in [2.75, 3.05) is 5.32 Å². The van der Waals surface area contributed by atoms with Gasteiger partial charge in [-0.1, -0.05) is 13.8 Å². The Balaban J connectivity index is 2.01. The maximum Gasteiger partial charge on any atom is 0.222 e. The molecule has 2 rings (SSSR count). The van der Waals surface area contributed by atoms with E-state index in [4.69, 9.17) is 0 Å². The van der Waals surface area contributed by atoms with Crippen LogP contribution in [0.2, 0.25) is 0 Å². The molecule has 96 valence electrons. The minimum absolute atomic E-state index is 0.681. The highest BCUT2D eigenvalue weighted by Crippen LogP contribution is 2.19. The highest BCUT2D eigenvalue weighted by Gasteiger charge is 2.07. The van der Waals surface area contributed by atoms with Crippen molar-refractivity contribution < 1.29 is 0 Å². The summed E-state index contributed by atoms with van der Waals surface area (Å²) in [6.07, 6.45) is 5.67. The molecule has 2 heterocycles. The molecule has 0 bridgehead atoms. The Morgan fingerprint density at radius 2 is 1.89 bits per heavy atom. The summed E-state index contributed by atoms with van der Waals surface area (Å²) in [7, 11) is 0. The minimum atomic E-state index is 0.681. The predicted octanol–water partition coefficient (Wildman–Crippen LogP) is 2.98. The van der Waals surface area contributed by atoms with E-state index in [1.165, 1.54) is 10.6 Å². The molecule has 18 heavy (non-hydrogen) atoms. The second-order valence-corrected chi connectivity index (χ2v) is 5.37. The van der Waals surface area contributed by atoms with Gasteiger partial charge in [-0.05, 0) is 25.3 Å². The molecule has 0 aliphatic heterocycles. The van der Waals surface area contributed by atoms with E-state index in [9.17, 15) is 0 Å². The fraction of sp³-hybridized carbons (Fsp3) is 0.462. The van der Waals surface area contributed by atoms with Crippen LogP contribution in [0.1, 0.15) is 35.0 Å². The van der Waals surface area contributed by atoms with E-state index in [1.54, 1.807) is 11.3 Å². The van der Waals surface area contributed by atoms with Crippen LogP contribution in [0.4, 0.5) is 5.95 Å². The van der Waals surface area contributed by atoms with Gasteiger partial charge in [0, 0.05) is 17.3 Å². The number of hydrogen-bond donors (Lipinski definition) is 1. The number of aromatic nitrogens is 3. The molecule has 5 heteroatoms. The number of nitrogens with zero attached hydrogens (tertiary/aromatic N) is 3. The van der Waals surface area contributed by atoms with Crippen molar-refractivity contribution in [3.63, 3.8) is 0 Å². The van der Waals surface area contributed by atoms with Crippen molar-refractivity contribution in [3.05, 3.63) is 33.5 Å². The van der Waals surface area contributed by atoms with Gasteiger partial charge in [-0.25, -0.2) is 15.0 Å². The third-order valence-corrected chi connectivity index (χ3v) is 3.75. The van der Waals surface area contributed by atoms with Crippen molar-refractivity contribution in [1.82, 2.24) is 15.0 Å². The third-order valence-electron chi connectivity index (χ3n) is 2.74. The molecule has 4 nitrogen and oxygen atoms in total. The lowest BCUT2D eigenvalue weighted by Gasteiger charge is -2.04. The van der Waals surface area contributed by atoms with Crippen LogP contribution in [0.15, 0.2) is 12.4 Å². The largest absolute Gasteiger partial charge is 0.349 e. The molecule has 0 amide bonds. The molecule has 2 aromatic heterocycles. The zero-order valence-electron chi connectivity index (χ0n) is 11.0. The predicted molar refractivity (Wildman–Crippen MR) is 75.0 cm³/mol. The molecule has 0 saturated carbocycles. The Kier molecular flexibility index (Phi) is 4.25. The second-order valence-electron chi connectivity index (χ2n) is 4.08. The van der Waals surface area contributed by atoms with Crippen LogP contribution in [0.5, 0.6) is 0 Å². The van der Waals surface area contributed by atoms with E-state index in [0.717, 1.165) is 30.0 Å². The zero-order valence-corrected chi connectivity index (χ0v) is 11.8. The van der Waals surface area contributed by atoms with Crippen LogP contribution < -0.4 is 5.32 Å². The van der Waals surface area contributed by atoms with Crippen molar-refractivity contribution in [2.24, 2.45) is 0 Å². The molecule has 0 unspecified atom stereocenters. The molecule has 0 fully saturated rings. The van der Waals surface area contributed by atoms with E-state index in [1.807, 2.05) is 19.3 Å². The van der Waals surface area contributed by atoms with Gasteiger partial charge in [-0.3, -0.25) is 0 Å². The van der Waals surface area contributed by atoms with Gasteiger partial charge < -0.3 is 5.32 Å². The first kappa shape index (κ1) is 13.0. The Labute approximate surface area is 112 Å². The summed E-state index contributed by atoms with van der Waals surface area (Å²) < 4.78 is 0. The summed E-state index contributed by atoms with van der Waals surface area (Å²) in [5, 5.41) is 4.37. The molecule has 2 aromatic rings. The van der Waals surface area contributed by atoms with Crippen molar-refractivity contribution in [1.29, 1.82) is 0 Å². The Morgan fingerprint density at radius 3 is 2.50 bits per heavy atom. The van der Waals surface area contributed by atoms with E-state index < -0.39 is 0 Å². The number of rotatable bonds is 5. The summed E-state index contributed by atoms with van der Waals surface area (Å²) in [5.74, 6) is 0.681. The molecule has 0 aliphatic carbocycles. The normalized spacial score (nSPS) is 10.6. The van der Waals surface area contributed by atoms with E-state index in [2.05, 4.69) is 34.1 Å². The van der Waals surface area contributed by atoms with E-state index in [0.29, 0.717) is 5.95 Å². The minimum Gasteiger partial charge on any atom is -0.349 e. The summed E-state index contributed by atoms with van der Waals surface area (Å²) in [6, 6.07) is 0. The Bertz CT molecular complexity index is 504. The van der Waals surface area contributed by atoms with E-state index in [-0.39, 0.29) is 0 Å². The summed E-state index contributed by atoms with van der Waals surface area (Å²) in [5.41, 5.74) is 2.33. The standard InChI is InChI=1S/C13H18N4S/c1-4-10-6-14-13(15-7-10)16-8-12-11(5-2)17-9(3)18-12/h6-7H,4-5,8H2,1-3H3,(H,14,15,16). The van der Waals surface area contributed by atoms with Crippen LogP contribution in [0, 0.1) is 6.92 Å². The molecular formula is C13H18N4S. The zero-order chi connectivity index (χ0) is 13.0. The lowest BCUT2D eigenvalue weighted by molar-refractivity contribution is 0.977. The molecule has 0 atom stereocenters. The molecule has 0 radical (unpaired) electrons. The fourth-order valence-corrected chi connectivity index (χ4v) is 2.68. The average Bonchev–Trinajstić information content (AvgIpc) is 2.77. The number of nitrogens with one attached hydrogen (secondary N) is 1. The molecular weight excluding hydrogens is 244 g/mol. The lowest BCUT2D eigenvalue weighted by Crippen LogP contribution is -2.04. The van der Waals surface area contributed by atoms with Gasteiger partial charge in [0.15, 0.2) is 0 Å². The SMILES string of the molecule is CCc1cnc(NCc2sc(C)nc2CC)nc1. The van der Waals surface area contributed by atoms with Gasteiger partial charge in [-0.2, -0.15) is 0 Å². The topological polar surface area (TPSA) is 50.7 Å². The van der Waals surface area contributed by atoms with Gasteiger partial charge >= 0.3 is 0 Å². The van der Waals surface area contributed by atoms with Gasteiger partial charge in [0.25, 0.3) is 0 Å². The molecule has 0 spiro atoms. The summed E-state index contributed by atoms with van der Waals surface area (Å²) in [4.78, 5) is 14.4. The second kappa shape index (κ2) is 5.91. The first-order valence-corrected chi connectivity index (χ1v) is 7.04. The van der Waals surface area contributed by atoms with E-state index >= 15 is 0 Å². The average molecular weight is 262 g/mol. The quantitative estimate of drug-likeness (QED) is 0.900. The molecule has 0 aromatic carbocycles. The van der Waals surface area contributed by atoms with Crippen LogP contribution in [-0.2, 0) is 19.4 Å². The monoisotopic (exact) mass is 262 g/mol. The summed E-state index contributed by atoms with van der Waals surface area (Å²) in [6.45, 7) is 7.02. The van der Waals surface area contributed by atoms with Crippen molar-refractivity contribution >= 4 is 17.3 Å². The van der Waals surface area contributed by atoms with Gasteiger partial charge in [0.05, 0.1) is 17.2 Å². The van der Waals surface area contributed by atoms with Gasteiger partial charge in [0.2, 0.25) is 5.95 Å². The summed E-state index contributed by atoms with van der Waals surface area (Å²) >= 11 is 1.74. The van der Waals surface area contributed by atoms with Crippen molar-refractivity contribution in [2.45, 2.75) is 40.2 Å². The maximum atomic E-state index is 4.51. The van der Waals surface area contributed by atoms with Crippen LogP contribution in [0.25, 0.3) is 0 Å². The Hall–Kier alpha value is -1.49. The smallest absolute Gasteiger partial charge is 0.222 e. The molecule has 1 N–H and O–H groups in total.